The third kappa shape index (κ3) is 3.88. The van der Waals surface area contributed by atoms with Gasteiger partial charge in [-0.05, 0) is 105 Å². The van der Waals surface area contributed by atoms with E-state index in [0.717, 1.165) is 51.4 Å². The first-order valence-corrected chi connectivity index (χ1v) is 18.4. The van der Waals surface area contributed by atoms with Gasteiger partial charge in [0.15, 0.2) is 12.1 Å². The predicted molar refractivity (Wildman–Crippen MR) is 168 cm³/mol. The second kappa shape index (κ2) is 9.93. The lowest BCUT2D eigenvalue weighted by Gasteiger charge is -2.63. The Morgan fingerprint density at radius 3 is 2.28 bits per heavy atom. The first-order chi connectivity index (χ1) is 21.8. The number of aliphatic hydroxyl groups excluding tert-OH is 4. The van der Waals surface area contributed by atoms with Crippen LogP contribution in [0.2, 0.25) is 0 Å². The summed E-state index contributed by atoms with van der Waals surface area (Å²) in [4.78, 5) is 12.1. The van der Waals surface area contributed by atoms with Crippen molar-refractivity contribution in [3.05, 3.63) is 0 Å². The number of carbonyl (C=O) groups is 1. The van der Waals surface area contributed by atoms with Gasteiger partial charge in [-0.25, -0.2) is 0 Å². The molecule has 8 fully saturated rings. The summed E-state index contributed by atoms with van der Waals surface area (Å²) in [7, 11) is 0. The first kappa shape index (κ1) is 33.3. The molecule has 10 heteroatoms. The van der Waals surface area contributed by atoms with Crippen LogP contribution in [-0.2, 0) is 28.5 Å². The molecule has 0 unspecified atom stereocenters. The van der Waals surface area contributed by atoms with Crippen molar-refractivity contribution < 1.29 is 48.9 Å². The maximum absolute atomic E-state index is 12.8. The molecule has 266 valence electrons. The molecule has 8 rings (SSSR count). The number of aliphatic hydroxyl groups is 4. The van der Waals surface area contributed by atoms with E-state index in [2.05, 4.69) is 34.6 Å². The van der Waals surface area contributed by atoms with Gasteiger partial charge >= 0.3 is 5.97 Å². The van der Waals surface area contributed by atoms with E-state index in [1.54, 1.807) is 0 Å². The highest BCUT2D eigenvalue weighted by molar-refractivity contribution is 5.66. The van der Waals surface area contributed by atoms with Crippen LogP contribution in [0.25, 0.3) is 0 Å². The Morgan fingerprint density at radius 1 is 0.894 bits per heavy atom. The van der Waals surface area contributed by atoms with Crippen molar-refractivity contribution in [2.75, 3.05) is 6.61 Å². The van der Waals surface area contributed by atoms with Crippen LogP contribution in [0.1, 0.15) is 107 Å². The van der Waals surface area contributed by atoms with Crippen molar-refractivity contribution in [3.8, 4) is 0 Å². The number of hydrogen-bond acceptors (Lipinski definition) is 10. The van der Waals surface area contributed by atoms with Crippen molar-refractivity contribution in [3.63, 3.8) is 0 Å². The second-order valence-corrected chi connectivity index (χ2v) is 18.8. The zero-order chi connectivity index (χ0) is 33.9. The Bertz CT molecular complexity index is 1320. The van der Waals surface area contributed by atoms with E-state index in [0.29, 0.717) is 11.8 Å². The zero-order valence-electron chi connectivity index (χ0n) is 29.5. The Hall–Kier alpha value is -0.850. The molecule has 3 aliphatic heterocycles. The van der Waals surface area contributed by atoms with Crippen molar-refractivity contribution in [1.29, 1.82) is 0 Å². The number of esters is 1. The minimum absolute atomic E-state index is 0.0329. The van der Waals surface area contributed by atoms with Crippen LogP contribution in [0.15, 0.2) is 0 Å². The molecule has 3 spiro atoms. The van der Waals surface area contributed by atoms with Crippen LogP contribution in [0.3, 0.4) is 0 Å². The highest BCUT2D eigenvalue weighted by atomic mass is 16.8. The predicted octanol–water partition coefficient (Wildman–Crippen LogP) is 3.69. The van der Waals surface area contributed by atoms with Gasteiger partial charge in [0.1, 0.15) is 36.1 Å². The van der Waals surface area contributed by atoms with E-state index >= 15 is 0 Å². The van der Waals surface area contributed by atoms with Crippen LogP contribution in [0.5, 0.6) is 0 Å². The topological polar surface area (TPSA) is 144 Å². The Kier molecular flexibility index (Phi) is 7.03. The summed E-state index contributed by atoms with van der Waals surface area (Å²) in [6.07, 6.45) is 1.72. The summed E-state index contributed by atoms with van der Waals surface area (Å²) in [5.74, 6) is -0.402. The molecule has 3 saturated heterocycles. The first-order valence-electron chi connectivity index (χ1n) is 18.4. The molecule has 2 bridgehead atoms. The normalized spacial score (nSPS) is 58.8. The number of hydrogen-bond donors (Lipinski definition) is 4. The smallest absolute Gasteiger partial charge is 0.303 e. The molecule has 4 N–H and O–H groups in total. The summed E-state index contributed by atoms with van der Waals surface area (Å²) in [5, 5.41) is 43.7. The lowest BCUT2D eigenvalue weighted by molar-refractivity contribution is -0.303. The lowest BCUT2D eigenvalue weighted by Crippen LogP contribution is -2.61. The van der Waals surface area contributed by atoms with Crippen molar-refractivity contribution in [2.24, 2.45) is 50.7 Å². The average Bonchev–Trinajstić information content (AvgIpc) is 3.49. The van der Waals surface area contributed by atoms with Crippen LogP contribution >= 0.6 is 0 Å². The summed E-state index contributed by atoms with van der Waals surface area (Å²) in [6.45, 7) is 16.8. The maximum Gasteiger partial charge on any atom is 0.303 e. The van der Waals surface area contributed by atoms with Crippen molar-refractivity contribution in [1.82, 2.24) is 0 Å². The van der Waals surface area contributed by atoms with Gasteiger partial charge in [-0.15, -0.1) is 0 Å². The van der Waals surface area contributed by atoms with E-state index in [1.165, 1.54) is 6.92 Å². The SMILES string of the molecule is CC(=O)OC(C)(C)[C@H]1O[C@]23O[C@@H]1C[C@@H](C)[C@@H]2[C@@]1(C)CC[C@@]24C[C@@]25CC[C@H](O[C@@H]2OC[C@@H](O)[C@H](O)[C@H]2O)C(C)(C)[C@@H]5CC[C@H]4[C@]1(C)[C@H]3O. The average molecular weight is 663 g/mol. The Balaban J connectivity index is 1.09. The van der Waals surface area contributed by atoms with Gasteiger partial charge in [0.25, 0.3) is 0 Å². The summed E-state index contributed by atoms with van der Waals surface area (Å²) in [6, 6.07) is 0. The fourth-order valence-corrected chi connectivity index (χ4v) is 14.4. The van der Waals surface area contributed by atoms with Gasteiger partial charge in [0, 0.05) is 18.3 Å². The molecule has 0 aromatic heterocycles. The molecule has 5 saturated carbocycles. The van der Waals surface area contributed by atoms with Crippen LogP contribution < -0.4 is 0 Å². The quantitative estimate of drug-likeness (QED) is 0.260. The third-order valence-corrected chi connectivity index (χ3v) is 16.3. The largest absolute Gasteiger partial charge is 0.457 e. The van der Waals surface area contributed by atoms with E-state index in [1.807, 2.05) is 13.8 Å². The molecule has 47 heavy (non-hydrogen) atoms. The number of carbonyl (C=O) groups excluding carboxylic acids is 1. The van der Waals surface area contributed by atoms with Gasteiger partial charge in [0.2, 0.25) is 0 Å². The Labute approximate surface area is 279 Å². The zero-order valence-corrected chi connectivity index (χ0v) is 29.5. The molecule has 5 aliphatic carbocycles. The van der Waals surface area contributed by atoms with Gasteiger partial charge in [-0.1, -0.05) is 34.6 Å². The molecule has 3 heterocycles. The van der Waals surface area contributed by atoms with Gasteiger partial charge in [-0.2, -0.15) is 0 Å². The van der Waals surface area contributed by atoms with Crippen LogP contribution in [-0.4, -0.2) is 93.4 Å². The number of ether oxygens (including phenoxy) is 5. The second-order valence-electron chi connectivity index (χ2n) is 18.8. The van der Waals surface area contributed by atoms with Gasteiger partial charge < -0.3 is 44.1 Å². The molecular formula is C37H58O10. The minimum atomic E-state index is -1.29. The minimum Gasteiger partial charge on any atom is -0.457 e. The van der Waals surface area contributed by atoms with E-state index < -0.39 is 53.6 Å². The summed E-state index contributed by atoms with van der Waals surface area (Å²) in [5.41, 5.74) is -1.36. The van der Waals surface area contributed by atoms with Gasteiger partial charge in [-0.3, -0.25) is 4.79 Å². The number of fused-ring (bicyclic) bond motifs is 4. The van der Waals surface area contributed by atoms with Crippen LogP contribution in [0, 0.1) is 50.7 Å². The lowest BCUT2D eigenvalue weighted by atomic mass is 9.41. The molecule has 0 aromatic rings. The molecular weight excluding hydrogens is 604 g/mol. The van der Waals surface area contributed by atoms with E-state index in [-0.39, 0.29) is 58.3 Å². The van der Waals surface area contributed by atoms with E-state index in [9.17, 15) is 25.2 Å². The highest BCUT2D eigenvalue weighted by Crippen LogP contribution is 2.90. The molecule has 0 radical (unpaired) electrons. The third-order valence-electron chi connectivity index (χ3n) is 16.3. The fraction of sp³-hybridized carbons (Fsp3) is 0.973. The number of rotatable bonds is 4. The standard InChI is InChI=1S/C37H58O10/c1-18-15-21-28(32(5,6)45-19(2)38)47-37(46-21)27(18)33(7)13-14-36-17-35(36)12-11-24(44-29-26(41)25(40)20(39)16-43-29)31(3,4)22(35)9-10-23(36)34(33,8)30(37)42/h18,20-30,39-42H,9-17H2,1-8H3/t18-,20-,21-,22+,23+,24+,25+,26-,27-,28+,29+,30-,33-,34-,35-,36+,37-/m1/s1. The van der Waals surface area contributed by atoms with E-state index in [4.69, 9.17) is 23.7 Å². The van der Waals surface area contributed by atoms with Crippen LogP contribution in [0.4, 0.5) is 0 Å². The monoisotopic (exact) mass is 662 g/mol. The highest BCUT2D eigenvalue weighted by Gasteiger charge is 2.88. The molecule has 17 atom stereocenters. The fourth-order valence-electron chi connectivity index (χ4n) is 14.4. The van der Waals surface area contributed by atoms with Gasteiger partial charge in [0.05, 0.1) is 18.8 Å². The molecule has 8 aliphatic rings. The van der Waals surface area contributed by atoms with Crippen molar-refractivity contribution in [2.45, 2.75) is 167 Å². The summed E-state index contributed by atoms with van der Waals surface area (Å²) < 4.78 is 31.9. The summed E-state index contributed by atoms with van der Waals surface area (Å²) >= 11 is 0. The molecule has 0 amide bonds. The van der Waals surface area contributed by atoms with Crippen molar-refractivity contribution >= 4 is 5.97 Å². The Morgan fingerprint density at radius 2 is 1.57 bits per heavy atom. The molecule has 0 aromatic carbocycles. The maximum atomic E-state index is 12.8. The molecule has 10 nitrogen and oxygen atoms in total.